The van der Waals surface area contributed by atoms with Crippen molar-refractivity contribution >= 4 is 29.6 Å². The molecule has 184 valence electrons. The molecule has 1 amide bonds. The van der Waals surface area contributed by atoms with Crippen LogP contribution in [-0.4, -0.2) is 43.5 Å². The van der Waals surface area contributed by atoms with Gasteiger partial charge in [-0.05, 0) is 48.4 Å². The first-order valence-corrected chi connectivity index (χ1v) is 11.6. The number of amides is 1. The van der Waals surface area contributed by atoms with Crippen molar-refractivity contribution in [2.24, 2.45) is 17.6 Å². The molecule has 0 heterocycles. The Bertz CT molecular complexity index is 1430. The summed E-state index contributed by atoms with van der Waals surface area (Å²) in [4.78, 5) is 38.3. The molecule has 1 unspecified atom stereocenters. The Balaban J connectivity index is 1.60. The molecule has 0 saturated carbocycles. The third-order valence-electron chi connectivity index (χ3n) is 7.51. The number of carbonyl (C=O) groups excluding carboxylic acids is 3. The van der Waals surface area contributed by atoms with E-state index in [9.17, 15) is 34.8 Å². The number of aryl methyl sites for hydroxylation is 1. The number of aliphatic hydroxyl groups excluding tert-OH is 2. The zero-order valence-corrected chi connectivity index (χ0v) is 19.5. The standard InChI is InChI=1S/C28H25NO7/c1-13-2-4-14(5-3-13)6-7-15-8-9-19(30)22-18(15)11-16-10-17-12-20(31)23(27(29)35)26(34)28(17,36)25(33)21(16)24(22)32/h2-9,16-17,30-31,33,36H,10-12H2,1H3,(H2,29,35)/b7-6+/t16-,17?,28+/m1/s1. The van der Waals surface area contributed by atoms with Crippen LogP contribution >= 0.6 is 0 Å². The molecule has 0 aliphatic heterocycles. The summed E-state index contributed by atoms with van der Waals surface area (Å²) in [6, 6.07) is 11.0. The van der Waals surface area contributed by atoms with Gasteiger partial charge in [0.1, 0.15) is 22.8 Å². The van der Waals surface area contributed by atoms with Gasteiger partial charge in [0.25, 0.3) is 5.91 Å². The summed E-state index contributed by atoms with van der Waals surface area (Å²) >= 11 is 0. The van der Waals surface area contributed by atoms with E-state index in [-0.39, 0.29) is 36.1 Å². The number of nitrogens with two attached hydrogens (primary N) is 1. The number of phenols is 1. The van der Waals surface area contributed by atoms with E-state index in [0.717, 1.165) is 16.7 Å². The van der Waals surface area contributed by atoms with Crippen molar-refractivity contribution < 1.29 is 34.8 Å². The van der Waals surface area contributed by atoms with Crippen LogP contribution in [0.15, 0.2) is 59.1 Å². The van der Waals surface area contributed by atoms with Crippen LogP contribution < -0.4 is 5.73 Å². The average molecular weight is 488 g/mol. The van der Waals surface area contributed by atoms with Gasteiger partial charge in [-0.25, -0.2) is 0 Å². The van der Waals surface area contributed by atoms with E-state index in [4.69, 9.17) is 5.73 Å². The Morgan fingerprint density at radius 3 is 2.39 bits per heavy atom. The first kappa shape index (κ1) is 23.6. The van der Waals surface area contributed by atoms with Crippen LogP contribution in [0.2, 0.25) is 0 Å². The quantitative estimate of drug-likeness (QED) is 0.329. The van der Waals surface area contributed by atoms with Crippen LogP contribution in [-0.2, 0) is 16.0 Å². The van der Waals surface area contributed by atoms with Crippen LogP contribution in [0.5, 0.6) is 5.75 Å². The number of aromatic hydroxyl groups is 1. The number of fused-ring (bicyclic) bond motifs is 3. The van der Waals surface area contributed by atoms with Crippen LogP contribution in [0.4, 0.5) is 0 Å². The van der Waals surface area contributed by atoms with Gasteiger partial charge in [-0.3, -0.25) is 14.4 Å². The minimum Gasteiger partial charge on any atom is -0.511 e. The van der Waals surface area contributed by atoms with Crippen molar-refractivity contribution in [3.05, 3.63) is 86.9 Å². The number of hydrogen-bond acceptors (Lipinski definition) is 7. The Morgan fingerprint density at radius 2 is 1.72 bits per heavy atom. The number of allylic oxidation sites excluding steroid dienone is 2. The van der Waals surface area contributed by atoms with E-state index in [1.54, 1.807) is 6.07 Å². The van der Waals surface area contributed by atoms with Gasteiger partial charge in [0.15, 0.2) is 11.4 Å². The van der Waals surface area contributed by atoms with Crippen LogP contribution in [0.25, 0.3) is 12.2 Å². The van der Waals surface area contributed by atoms with E-state index >= 15 is 0 Å². The van der Waals surface area contributed by atoms with Crippen molar-refractivity contribution in [2.45, 2.75) is 31.8 Å². The largest absolute Gasteiger partial charge is 0.511 e. The molecule has 0 saturated heterocycles. The average Bonchev–Trinajstić information content (AvgIpc) is 2.81. The van der Waals surface area contributed by atoms with Gasteiger partial charge in [0, 0.05) is 17.9 Å². The van der Waals surface area contributed by atoms with E-state index in [0.29, 0.717) is 5.56 Å². The molecule has 3 aliphatic rings. The third kappa shape index (κ3) is 3.37. The number of Topliss-reactive ketones (excluding diaryl/α,β-unsaturated/α-hetero) is 2. The number of rotatable bonds is 3. The molecule has 3 atom stereocenters. The fourth-order valence-electron chi connectivity index (χ4n) is 5.66. The molecule has 0 radical (unpaired) electrons. The molecule has 36 heavy (non-hydrogen) atoms. The number of hydrogen-bond donors (Lipinski definition) is 5. The smallest absolute Gasteiger partial charge is 0.255 e. The lowest BCUT2D eigenvalue weighted by molar-refractivity contribution is -0.144. The molecule has 8 nitrogen and oxygen atoms in total. The summed E-state index contributed by atoms with van der Waals surface area (Å²) in [7, 11) is 0. The zero-order chi connectivity index (χ0) is 25.9. The normalized spacial score (nSPS) is 25.6. The van der Waals surface area contributed by atoms with Crippen molar-refractivity contribution in [1.82, 2.24) is 0 Å². The molecule has 2 aromatic carbocycles. The van der Waals surface area contributed by atoms with E-state index < -0.39 is 52.0 Å². The van der Waals surface area contributed by atoms with Gasteiger partial charge in [-0.2, -0.15) is 0 Å². The predicted octanol–water partition coefficient (Wildman–Crippen LogP) is 3.06. The highest BCUT2D eigenvalue weighted by Crippen LogP contribution is 2.51. The lowest BCUT2D eigenvalue weighted by Crippen LogP contribution is -2.57. The predicted molar refractivity (Wildman–Crippen MR) is 131 cm³/mol. The number of aliphatic hydroxyl groups is 3. The van der Waals surface area contributed by atoms with Gasteiger partial charge >= 0.3 is 0 Å². The van der Waals surface area contributed by atoms with Crippen molar-refractivity contribution in [1.29, 1.82) is 0 Å². The second kappa shape index (κ2) is 8.20. The molecule has 3 aliphatic carbocycles. The first-order chi connectivity index (χ1) is 17.0. The molecular formula is C28H25NO7. The summed E-state index contributed by atoms with van der Waals surface area (Å²) in [6.45, 7) is 1.99. The molecule has 0 fully saturated rings. The lowest BCUT2D eigenvalue weighted by Gasteiger charge is -2.45. The molecule has 6 N–H and O–H groups in total. The molecular weight excluding hydrogens is 462 g/mol. The maximum Gasteiger partial charge on any atom is 0.255 e. The lowest BCUT2D eigenvalue weighted by atomic mass is 9.60. The maximum absolute atomic E-state index is 13.6. The van der Waals surface area contributed by atoms with Crippen LogP contribution in [0.3, 0.4) is 0 Å². The Kier molecular flexibility index (Phi) is 5.37. The summed E-state index contributed by atoms with van der Waals surface area (Å²) in [6.07, 6.45) is 3.85. The SMILES string of the molecule is Cc1ccc(/C=C/c2ccc(O)c3c2C[C@H]2CC4CC(O)=C(C(N)=O)C(=O)[C@@]4(O)C(O)=C2C3=O)cc1. The van der Waals surface area contributed by atoms with Gasteiger partial charge in [0.05, 0.1) is 5.56 Å². The third-order valence-corrected chi connectivity index (χ3v) is 7.51. The second-order valence-corrected chi connectivity index (χ2v) is 9.68. The van der Waals surface area contributed by atoms with Crippen LogP contribution in [0, 0.1) is 18.8 Å². The van der Waals surface area contributed by atoms with E-state index in [2.05, 4.69) is 0 Å². The number of phenolic OH excluding ortho intramolecular Hbond substituents is 1. The summed E-state index contributed by atoms with van der Waals surface area (Å²) in [5.41, 5.74) is 5.09. The minimum absolute atomic E-state index is 0.00215. The van der Waals surface area contributed by atoms with Crippen molar-refractivity contribution in [3.63, 3.8) is 0 Å². The number of carbonyl (C=O) groups is 3. The van der Waals surface area contributed by atoms with Gasteiger partial charge < -0.3 is 26.2 Å². The summed E-state index contributed by atoms with van der Waals surface area (Å²) in [5, 5.41) is 43.2. The Morgan fingerprint density at radius 1 is 1.03 bits per heavy atom. The van der Waals surface area contributed by atoms with E-state index in [1.165, 1.54) is 6.07 Å². The topological polar surface area (TPSA) is 158 Å². The molecule has 0 spiro atoms. The monoisotopic (exact) mass is 487 g/mol. The molecule has 0 bridgehead atoms. The molecule has 5 rings (SSSR count). The maximum atomic E-state index is 13.6. The highest BCUT2D eigenvalue weighted by molar-refractivity contribution is 6.24. The fourth-order valence-corrected chi connectivity index (χ4v) is 5.66. The first-order valence-electron chi connectivity index (χ1n) is 11.6. The molecule has 8 heteroatoms. The van der Waals surface area contributed by atoms with Crippen LogP contribution in [0.1, 0.15) is 45.5 Å². The number of primary amides is 1. The number of benzene rings is 2. The minimum atomic E-state index is -2.56. The van der Waals surface area contributed by atoms with Crippen molar-refractivity contribution in [2.75, 3.05) is 0 Å². The van der Waals surface area contributed by atoms with Gasteiger partial charge in [0.2, 0.25) is 5.78 Å². The molecule has 2 aromatic rings. The summed E-state index contributed by atoms with van der Waals surface area (Å²) in [5.74, 6) is -6.35. The number of ketones is 2. The van der Waals surface area contributed by atoms with E-state index in [1.807, 2.05) is 43.3 Å². The van der Waals surface area contributed by atoms with Gasteiger partial charge in [-0.15, -0.1) is 0 Å². The summed E-state index contributed by atoms with van der Waals surface area (Å²) < 4.78 is 0. The molecule has 0 aromatic heterocycles. The highest BCUT2D eigenvalue weighted by Gasteiger charge is 2.59. The van der Waals surface area contributed by atoms with Gasteiger partial charge in [-0.1, -0.05) is 48.0 Å². The highest BCUT2D eigenvalue weighted by atomic mass is 16.3. The Hall–Kier alpha value is -4.17. The second-order valence-electron chi connectivity index (χ2n) is 9.68. The fraction of sp³-hybridized carbons (Fsp3) is 0.250. The van der Waals surface area contributed by atoms with Crippen molar-refractivity contribution in [3.8, 4) is 5.75 Å². The Labute approximate surface area is 206 Å². The zero-order valence-electron chi connectivity index (χ0n) is 19.5.